The number of nitrogens with one attached hydrogen (secondary N) is 1. The quantitative estimate of drug-likeness (QED) is 0.840. The molecule has 0 heterocycles. The van der Waals surface area contributed by atoms with E-state index in [0.29, 0.717) is 6.04 Å². The van der Waals surface area contributed by atoms with Crippen LogP contribution in [0.4, 0.5) is 0 Å². The molecule has 0 aliphatic heterocycles. The first-order chi connectivity index (χ1) is 9.61. The lowest BCUT2D eigenvalue weighted by Crippen LogP contribution is -2.18. The van der Waals surface area contributed by atoms with Gasteiger partial charge in [0.2, 0.25) is 0 Å². The number of hydrogen-bond donors (Lipinski definition) is 1. The molecule has 0 bridgehead atoms. The minimum absolute atomic E-state index is 0.426. The fourth-order valence-electron chi connectivity index (χ4n) is 2.86. The Labute approximate surface area is 123 Å². The summed E-state index contributed by atoms with van der Waals surface area (Å²) in [5.74, 6) is 0. The molecule has 0 radical (unpaired) electrons. The fourth-order valence-corrected chi connectivity index (χ4v) is 2.86. The van der Waals surface area contributed by atoms with Crippen LogP contribution in [0.3, 0.4) is 0 Å². The molecular weight excluding hydrogens is 242 g/mol. The Morgan fingerprint density at radius 1 is 0.950 bits per heavy atom. The minimum atomic E-state index is 0.426. The molecule has 1 nitrogen and oxygen atoms in total. The first-order valence-electron chi connectivity index (χ1n) is 7.40. The summed E-state index contributed by atoms with van der Waals surface area (Å²) in [7, 11) is 2.06. The van der Waals surface area contributed by atoms with Gasteiger partial charge in [-0.25, -0.2) is 0 Å². The molecule has 0 saturated carbocycles. The van der Waals surface area contributed by atoms with Gasteiger partial charge in [-0.15, -0.1) is 0 Å². The van der Waals surface area contributed by atoms with E-state index in [1.54, 1.807) is 0 Å². The van der Waals surface area contributed by atoms with Crippen LogP contribution in [0.15, 0.2) is 42.5 Å². The third kappa shape index (κ3) is 3.49. The van der Waals surface area contributed by atoms with Gasteiger partial charge in [0.05, 0.1) is 0 Å². The maximum Gasteiger partial charge on any atom is 0.0323 e. The molecule has 1 unspecified atom stereocenters. The van der Waals surface area contributed by atoms with E-state index >= 15 is 0 Å². The average molecular weight is 267 g/mol. The Morgan fingerprint density at radius 2 is 1.70 bits per heavy atom. The summed E-state index contributed by atoms with van der Waals surface area (Å²) >= 11 is 0. The third-order valence-corrected chi connectivity index (χ3v) is 4.11. The average Bonchev–Trinajstić information content (AvgIpc) is 2.43. The zero-order valence-corrected chi connectivity index (χ0v) is 13.0. The first kappa shape index (κ1) is 14.8. The molecule has 2 aromatic carbocycles. The lowest BCUT2D eigenvalue weighted by molar-refractivity contribution is 0.546. The second kappa shape index (κ2) is 6.71. The van der Waals surface area contributed by atoms with Gasteiger partial charge in [-0.1, -0.05) is 48.0 Å². The largest absolute Gasteiger partial charge is 0.313 e. The van der Waals surface area contributed by atoms with Gasteiger partial charge in [0.15, 0.2) is 0 Å². The number of aryl methyl sites for hydroxylation is 4. The predicted molar refractivity (Wildman–Crippen MR) is 87.2 cm³/mol. The SMILES string of the molecule is CNC(CCc1ccccc1C)c1ccc(C)cc1C. The van der Waals surface area contributed by atoms with Gasteiger partial charge >= 0.3 is 0 Å². The molecule has 1 N–H and O–H groups in total. The molecule has 0 saturated heterocycles. The van der Waals surface area contributed by atoms with E-state index in [0.717, 1.165) is 12.8 Å². The summed E-state index contributed by atoms with van der Waals surface area (Å²) < 4.78 is 0. The highest BCUT2D eigenvalue weighted by molar-refractivity contribution is 5.33. The van der Waals surface area contributed by atoms with Crippen LogP contribution in [0.5, 0.6) is 0 Å². The predicted octanol–water partition coefficient (Wildman–Crippen LogP) is 4.51. The van der Waals surface area contributed by atoms with Gasteiger partial charge in [-0.2, -0.15) is 0 Å². The van der Waals surface area contributed by atoms with Crippen molar-refractivity contribution in [1.82, 2.24) is 5.32 Å². The van der Waals surface area contributed by atoms with E-state index in [2.05, 4.69) is 75.6 Å². The van der Waals surface area contributed by atoms with Crippen molar-refractivity contribution in [2.45, 2.75) is 39.7 Å². The smallest absolute Gasteiger partial charge is 0.0323 e. The zero-order chi connectivity index (χ0) is 14.5. The van der Waals surface area contributed by atoms with E-state index < -0.39 is 0 Å². The Bertz CT molecular complexity index is 572. The van der Waals surface area contributed by atoms with E-state index in [1.165, 1.54) is 27.8 Å². The summed E-state index contributed by atoms with van der Waals surface area (Å²) in [5, 5.41) is 3.47. The lowest BCUT2D eigenvalue weighted by Gasteiger charge is -2.20. The van der Waals surface area contributed by atoms with Crippen molar-refractivity contribution in [2.24, 2.45) is 0 Å². The molecular formula is C19H25N. The fraction of sp³-hybridized carbons (Fsp3) is 0.368. The van der Waals surface area contributed by atoms with Crippen molar-refractivity contribution in [3.8, 4) is 0 Å². The molecule has 0 fully saturated rings. The highest BCUT2D eigenvalue weighted by Crippen LogP contribution is 2.23. The standard InChI is InChI=1S/C19H25N/c1-14-9-11-18(16(3)13-14)19(20-4)12-10-17-8-6-5-7-15(17)2/h5-9,11,13,19-20H,10,12H2,1-4H3. The Hall–Kier alpha value is -1.60. The van der Waals surface area contributed by atoms with Crippen molar-refractivity contribution in [3.05, 3.63) is 70.3 Å². The Morgan fingerprint density at radius 3 is 2.35 bits per heavy atom. The maximum absolute atomic E-state index is 3.47. The van der Waals surface area contributed by atoms with Crippen LogP contribution in [0.2, 0.25) is 0 Å². The van der Waals surface area contributed by atoms with Crippen LogP contribution in [0.1, 0.15) is 40.3 Å². The molecule has 20 heavy (non-hydrogen) atoms. The highest BCUT2D eigenvalue weighted by atomic mass is 14.9. The van der Waals surface area contributed by atoms with Crippen LogP contribution < -0.4 is 5.32 Å². The zero-order valence-electron chi connectivity index (χ0n) is 13.0. The van der Waals surface area contributed by atoms with Gasteiger partial charge in [0.1, 0.15) is 0 Å². The Balaban J connectivity index is 2.11. The van der Waals surface area contributed by atoms with Crippen LogP contribution in [-0.2, 0) is 6.42 Å². The monoisotopic (exact) mass is 267 g/mol. The van der Waals surface area contributed by atoms with Crippen LogP contribution in [0, 0.1) is 20.8 Å². The molecule has 0 aliphatic carbocycles. The molecule has 1 atom stereocenters. The molecule has 1 heteroatoms. The van der Waals surface area contributed by atoms with Crippen molar-refractivity contribution in [1.29, 1.82) is 0 Å². The molecule has 2 aromatic rings. The molecule has 0 amide bonds. The van der Waals surface area contributed by atoms with Gasteiger partial charge in [0.25, 0.3) is 0 Å². The van der Waals surface area contributed by atoms with Gasteiger partial charge in [0, 0.05) is 6.04 Å². The normalized spacial score (nSPS) is 12.4. The van der Waals surface area contributed by atoms with E-state index in [9.17, 15) is 0 Å². The molecule has 0 spiro atoms. The van der Waals surface area contributed by atoms with E-state index in [1.807, 2.05) is 0 Å². The topological polar surface area (TPSA) is 12.0 Å². The molecule has 0 aliphatic rings. The summed E-state index contributed by atoms with van der Waals surface area (Å²) in [6.45, 7) is 6.56. The second-order valence-electron chi connectivity index (χ2n) is 5.67. The van der Waals surface area contributed by atoms with Crippen molar-refractivity contribution in [3.63, 3.8) is 0 Å². The molecule has 106 valence electrons. The second-order valence-corrected chi connectivity index (χ2v) is 5.67. The summed E-state index contributed by atoms with van der Waals surface area (Å²) in [4.78, 5) is 0. The van der Waals surface area contributed by atoms with Gasteiger partial charge < -0.3 is 5.32 Å². The van der Waals surface area contributed by atoms with Crippen LogP contribution in [0.25, 0.3) is 0 Å². The summed E-state index contributed by atoms with van der Waals surface area (Å²) in [6.07, 6.45) is 2.25. The third-order valence-electron chi connectivity index (χ3n) is 4.11. The van der Waals surface area contributed by atoms with E-state index in [4.69, 9.17) is 0 Å². The van der Waals surface area contributed by atoms with Crippen LogP contribution >= 0.6 is 0 Å². The van der Waals surface area contributed by atoms with Crippen molar-refractivity contribution >= 4 is 0 Å². The molecule has 2 rings (SSSR count). The van der Waals surface area contributed by atoms with Gasteiger partial charge in [-0.3, -0.25) is 0 Å². The lowest BCUT2D eigenvalue weighted by atomic mass is 9.93. The maximum atomic E-state index is 3.47. The number of rotatable bonds is 5. The number of hydrogen-bond acceptors (Lipinski definition) is 1. The minimum Gasteiger partial charge on any atom is -0.313 e. The highest BCUT2D eigenvalue weighted by Gasteiger charge is 2.12. The first-order valence-corrected chi connectivity index (χ1v) is 7.40. The van der Waals surface area contributed by atoms with E-state index in [-0.39, 0.29) is 0 Å². The Kier molecular flexibility index (Phi) is 4.97. The van der Waals surface area contributed by atoms with Crippen molar-refractivity contribution < 1.29 is 0 Å². The van der Waals surface area contributed by atoms with Crippen molar-refractivity contribution in [2.75, 3.05) is 7.05 Å². The number of benzene rings is 2. The van der Waals surface area contributed by atoms with Crippen LogP contribution in [-0.4, -0.2) is 7.05 Å². The molecule has 0 aromatic heterocycles. The van der Waals surface area contributed by atoms with Gasteiger partial charge in [-0.05, 0) is 62.9 Å². The summed E-state index contributed by atoms with van der Waals surface area (Å²) in [5.41, 5.74) is 6.99. The summed E-state index contributed by atoms with van der Waals surface area (Å²) in [6, 6.07) is 15.9.